The van der Waals surface area contributed by atoms with Crippen LogP contribution in [0.4, 0.5) is 11.4 Å². The van der Waals surface area contributed by atoms with Crippen molar-refractivity contribution in [3.63, 3.8) is 0 Å². The molecule has 14 heteroatoms. The number of sulfonamides is 1. The first-order valence-corrected chi connectivity index (χ1v) is 14.5. The molecule has 2 aromatic rings. The maximum atomic E-state index is 12.4. The van der Waals surface area contributed by atoms with Gasteiger partial charge < -0.3 is 36.0 Å². The van der Waals surface area contributed by atoms with Crippen LogP contribution in [0.25, 0.3) is 0 Å². The first-order chi connectivity index (χ1) is 18.8. The van der Waals surface area contributed by atoms with E-state index in [-0.39, 0.29) is 23.5 Å². The van der Waals surface area contributed by atoms with Crippen LogP contribution in [0.3, 0.4) is 0 Å². The van der Waals surface area contributed by atoms with Crippen molar-refractivity contribution >= 4 is 39.2 Å². The predicted octanol–water partition coefficient (Wildman–Crippen LogP) is 0.961. The van der Waals surface area contributed by atoms with Gasteiger partial charge in [-0.15, -0.1) is 0 Å². The number of benzene rings is 2. The molecule has 40 heavy (non-hydrogen) atoms. The number of carboxylic acid groups (broad SMARTS) is 2. The molecule has 1 amide bonds. The van der Waals surface area contributed by atoms with E-state index in [1.165, 1.54) is 18.2 Å². The van der Waals surface area contributed by atoms with Gasteiger partial charge >= 0.3 is 11.9 Å². The molecule has 0 spiro atoms. The zero-order valence-corrected chi connectivity index (χ0v) is 22.7. The van der Waals surface area contributed by atoms with E-state index in [4.69, 9.17) is 10.2 Å². The number of carbonyl (C=O) groups excluding carboxylic acids is 1. The Labute approximate surface area is 231 Å². The van der Waals surface area contributed by atoms with Crippen molar-refractivity contribution in [2.24, 2.45) is 5.92 Å². The van der Waals surface area contributed by atoms with Gasteiger partial charge in [0.2, 0.25) is 10.0 Å². The highest BCUT2D eigenvalue weighted by Gasteiger charge is 2.24. The largest absolute Gasteiger partial charge is 0.506 e. The monoisotopic (exact) mass is 578 g/mol. The first-order valence-electron chi connectivity index (χ1n) is 12.6. The van der Waals surface area contributed by atoms with Crippen molar-refractivity contribution in [3.05, 3.63) is 53.6 Å². The van der Waals surface area contributed by atoms with Crippen molar-refractivity contribution in [1.82, 2.24) is 10.6 Å². The van der Waals surface area contributed by atoms with Gasteiger partial charge in [0.15, 0.2) is 0 Å². The van der Waals surface area contributed by atoms with Crippen LogP contribution in [0.2, 0.25) is 0 Å². The van der Waals surface area contributed by atoms with E-state index < -0.39 is 46.4 Å². The highest BCUT2D eigenvalue weighted by Crippen LogP contribution is 2.28. The van der Waals surface area contributed by atoms with E-state index in [0.29, 0.717) is 18.0 Å². The molecule has 0 aliphatic carbocycles. The number of aliphatic hydroxyl groups excluding tert-OH is 1. The van der Waals surface area contributed by atoms with Gasteiger partial charge in [-0.05, 0) is 67.3 Å². The summed E-state index contributed by atoms with van der Waals surface area (Å²) in [6.45, 7) is 2.48. The zero-order chi connectivity index (χ0) is 29.4. The number of phenols is 1. The summed E-state index contributed by atoms with van der Waals surface area (Å²) in [6.07, 6.45) is 1.14. The summed E-state index contributed by atoms with van der Waals surface area (Å²) in [4.78, 5) is 36.5. The molecule has 1 saturated heterocycles. The number of rotatable bonds is 13. The summed E-state index contributed by atoms with van der Waals surface area (Å²) >= 11 is 0. The smallest absolute Gasteiger partial charge is 0.326 e. The number of nitrogens with zero attached hydrogens (tertiary/aromatic N) is 1. The molecule has 7 N–H and O–H groups in total. The second kappa shape index (κ2) is 13.5. The summed E-state index contributed by atoms with van der Waals surface area (Å²) in [5, 5.41) is 43.8. The fourth-order valence-electron chi connectivity index (χ4n) is 4.42. The number of carbonyl (C=O) groups is 3. The lowest BCUT2D eigenvalue weighted by Gasteiger charge is -2.34. The summed E-state index contributed by atoms with van der Waals surface area (Å²) in [5.74, 6) is -3.27. The molecule has 1 heterocycles. The van der Waals surface area contributed by atoms with Gasteiger partial charge in [-0.3, -0.25) is 14.3 Å². The van der Waals surface area contributed by atoms with Gasteiger partial charge in [0.1, 0.15) is 11.8 Å². The van der Waals surface area contributed by atoms with Gasteiger partial charge in [-0.25, -0.2) is 13.2 Å². The van der Waals surface area contributed by atoms with Crippen molar-refractivity contribution in [3.8, 4) is 5.75 Å². The number of anilines is 2. The topological polar surface area (TPSA) is 206 Å². The van der Waals surface area contributed by atoms with Gasteiger partial charge in [0.25, 0.3) is 5.91 Å². The number of aromatic hydroxyl groups is 1. The number of aliphatic hydroxyl groups is 1. The van der Waals surface area contributed by atoms with Crippen LogP contribution in [-0.4, -0.2) is 85.2 Å². The van der Waals surface area contributed by atoms with Gasteiger partial charge in [-0.2, -0.15) is 0 Å². The lowest BCUT2D eigenvalue weighted by Crippen LogP contribution is -2.42. The second-order valence-electron chi connectivity index (χ2n) is 9.76. The number of phenolic OH excluding ortho intramolecular Hbond substituents is 1. The van der Waals surface area contributed by atoms with Crippen LogP contribution in [0.1, 0.15) is 41.3 Å². The quantitative estimate of drug-likeness (QED) is 0.167. The molecule has 0 aromatic heterocycles. The number of aliphatic carboxylic acids is 2. The number of hydrogen-bond donors (Lipinski definition) is 7. The number of carboxylic acids is 2. The third-order valence-electron chi connectivity index (χ3n) is 6.56. The number of hydrogen-bond acceptors (Lipinski definition) is 9. The Morgan fingerprint density at radius 2 is 1.70 bits per heavy atom. The molecule has 218 valence electrons. The Morgan fingerprint density at radius 3 is 2.27 bits per heavy atom. The third kappa shape index (κ3) is 9.10. The standard InChI is InChI=1S/C26H34N4O9S/c1-40(38,39)29-20-12-18(4-7-22(20)31)23(32)15-27-14-16-8-10-30(11-9-16)19-5-2-17(3-6-19)25(35)28-21(26(36)37)13-24(33)34/h2-7,12,16,21,23,27,29,31-32H,8-11,13-15H2,1H3,(H,28,35)(H,33,34)(H,36,37)/t21-,23+/m1/s1. The minimum absolute atomic E-state index is 0.00252. The molecule has 0 saturated carbocycles. The molecule has 0 bridgehead atoms. The van der Waals surface area contributed by atoms with E-state index in [1.807, 2.05) is 0 Å². The van der Waals surface area contributed by atoms with E-state index >= 15 is 0 Å². The van der Waals surface area contributed by atoms with Crippen LogP contribution in [0, 0.1) is 5.92 Å². The summed E-state index contributed by atoms with van der Waals surface area (Å²) in [7, 11) is -3.58. The normalized spacial score (nSPS) is 15.7. The minimum atomic E-state index is -3.58. The molecule has 0 unspecified atom stereocenters. The van der Waals surface area contributed by atoms with Crippen LogP contribution in [0.5, 0.6) is 5.75 Å². The van der Waals surface area contributed by atoms with Crippen LogP contribution in [0.15, 0.2) is 42.5 Å². The zero-order valence-electron chi connectivity index (χ0n) is 21.9. The highest BCUT2D eigenvalue weighted by atomic mass is 32.2. The SMILES string of the molecule is CS(=O)(=O)Nc1cc([C@@H](O)CNCC2CCN(c3ccc(C(=O)N[C@H](CC(=O)O)C(=O)O)cc3)CC2)ccc1O. The average Bonchev–Trinajstić information content (AvgIpc) is 2.89. The predicted molar refractivity (Wildman–Crippen MR) is 147 cm³/mol. The lowest BCUT2D eigenvalue weighted by molar-refractivity contribution is -0.145. The highest BCUT2D eigenvalue weighted by molar-refractivity contribution is 7.92. The fourth-order valence-corrected chi connectivity index (χ4v) is 4.98. The van der Waals surface area contributed by atoms with E-state index in [2.05, 4.69) is 20.3 Å². The Kier molecular flexibility index (Phi) is 10.3. The molecular formula is C26H34N4O9S. The van der Waals surface area contributed by atoms with Gasteiger partial charge in [0.05, 0.1) is 24.5 Å². The molecule has 0 radical (unpaired) electrons. The van der Waals surface area contributed by atoms with Crippen LogP contribution < -0.4 is 20.3 Å². The number of amides is 1. The molecular weight excluding hydrogens is 544 g/mol. The third-order valence-corrected chi connectivity index (χ3v) is 7.15. The van der Waals surface area contributed by atoms with Crippen molar-refractivity contribution in [2.75, 3.05) is 42.1 Å². The van der Waals surface area contributed by atoms with Crippen molar-refractivity contribution < 1.29 is 43.2 Å². The molecule has 1 aliphatic rings. The molecule has 3 rings (SSSR count). The Bertz CT molecular complexity index is 1310. The van der Waals surface area contributed by atoms with E-state index in [0.717, 1.165) is 37.9 Å². The summed E-state index contributed by atoms with van der Waals surface area (Å²) in [6, 6.07) is 9.41. The number of nitrogens with one attached hydrogen (secondary N) is 3. The number of piperidine rings is 1. The summed E-state index contributed by atoms with van der Waals surface area (Å²) < 4.78 is 25.2. The van der Waals surface area contributed by atoms with E-state index in [1.54, 1.807) is 24.3 Å². The molecule has 1 aliphatic heterocycles. The van der Waals surface area contributed by atoms with Crippen molar-refractivity contribution in [1.29, 1.82) is 0 Å². The van der Waals surface area contributed by atoms with Gasteiger partial charge in [-0.1, -0.05) is 6.07 Å². The fraction of sp³-hybridized carbons (Fsp3) is 0.423. The van der Waals surface area contributed by atoms with Crippen LogP contribution in [-0.2, 0) is 19.6 Å². The lowest BCUT2D eigenvalue weighted by atomic mass is 9.96. The van der Waals surface area contributed by atoms with E-state index in [9.17, 15) is 33.0 Å². The Hall–Kier alpha value is -3.88. The summed E-state index contributed by atoms with van der Waals surface area (Å²) in [5.41, 5.74) is 1.60. The molecule has 2 atom stereocenters. The van der Waals surface area contributed by atoms with Gasteiger partial charge in [0, 0.05) is 30.9 Å². The first kappa shape index (κ1) is 30.7. The Morgan fingerprint density at radius 1 is 1.05 bits per heavy atom. The average molecular weight is 579 g/mol. The molecule has 2 aromatic carbocycles. The second-order valence-corrected chi connectivity index (χ2v) is 11.5. The molecule has 1 fully saturated rings. The molecule has 13 nitrogen and oxygen atoms in total. The minimum Gasteiger partial charge on any atom is -0.506 e. The van der Waals surface area contributed by atoms with Crippen molar-refractivity contribution in [2.45, 2.75) is 31.4 Å². The maximum absolute atomic E-state index is 12.4. The maximum Gasteiger partial charge on any atom is 0.326 e. The Balaban J connectivity index is 1.45. The van der Waals surface area contributed by atoms with Crippen LogP contribution >= 0.6 is 0 Å².